The Morgan fingerprint density at radius 2 is 2.14 bits per heavy atom. The minimum absolute atomic E-state index is 0.678. The summed E-state index contributed by atoms with van der Waals surface area (Å²) in [7, 11) is 1.91. The molecule has 0 saturated carbocycles. The summed E-state index contributed by atoms with van der Waals surface area (Å²) >= 11 is 6.04. The van der Waals surface area contributed by atoms with Crippen LogP contribution in [0.5, 0.6) is 5.75 Å². The van der Waals surface area contributed by atoms with Gasteiger partial charge in [-0.05, 0) is 38.6 Å². The zero-order chi connectivity index (χ0) is 10.6. The number of rotatable bonds is 4. The van der Waals surface area contributed by atoms with Crippen LogP contribution in [0, 0.1) is 6.92 Å². The minimum Gasteiger partial charge on any atom is -0.494 e. The largest absolute Gasteiger partial charge is 0.494 e. The van der Waals surface area contributed by atoms with Crippen LogP contribution in [0.25, 0.3) is 0 Å². The Labute approximate surface area is 90.2 Å². The zero-order valence-corrected chi connectivity index (χ0v) is 9.61. The molecule has 0 saturated heterocycles. The Morgan fingerprint density at radius 1 is 1.43 bits per heavy atom. The molecule has 0 aliphatic carbocycles. The lowest BCUT2D eigenvalue weighted by Gasteiger charge is -2.11. The monoisotopic (exact) mass is 213 g/mol. The highest BCUT2D eigenvalue weighted by atomic mass is 35.5. The molecule has 78 valence electrons. The van der Waals surface area contributed by atoms with Crippen LogP contribution in [0.15, 0.2) is 12.1 Å². The fourth-order valence-corrected chi connectivity index (χ4v) is 1.50. The molecule has 0 atom stereocenters. The van der Waals surface area contributed by atoms with Crippen LogP contribution in [0.2, 0.25) is 5.02 Å². The van der Waals surface area contributed by atoms with Crippen LogP contribution in [0.4, 0.5) is 0 Å². The van der Waals surface area contributed by atoms with Crippen LogP contribution >= 0.6 is 11.6 Å². The predicted molar refractivity (Wildman–Crippen MR) is 60.1 cm³/mol. The van der Waals surface area contributed by atoms with E-state index in [1.165, 1.54) is 0 Å². The Bertz CT molecular complexity index is 281. The first-order chi connectivity index (χ1) is 6.69. The molecule has 3 heteroatoms. The van der Waals surface area contributed by atoms with Gasteiger partial charge in [0.25, 0.3) is 0 Å². The van der Waals surface area contributed by atoms with Crippen LogP contribution in [-0.2, 0) is 6.54 Å². The van der Waals surface area contributed by atoms with Gasteiger partial charge in [-0.2, -0.15) is 0 Å². The highest BCUT2D eigenvalue weighted by Crippen LogP contribution is 2.26. The van der Waals surface area contributed by atoms with Crippen molar-refractivity contribution in [3.63, 3.8) is 0 Å². The summed E-state index contributed by atoms with van der Waals surface area (Å²) < 4.78 is 5.53. The van der Waals surface area contributed by atoms with Crippen molar-refractivity contribution in [2.24, 2.45) is 0 Å². The lowest BCUT2D eigenvalue weighted by molar-refractivity contribution is 0.335. The molecule has 0 spiro atoms. The molecule has 0 bridgehead atoms. The van der Waals surface area contributed by atoms with E-state index in [0.717, 1.165) is 28.4 Å². The van der Waals surface area contributed by atoms with E-state index in [9.17, 15) is 0 Å². The second-order valence-electron chi connectivity index (χ2n) is 3.17. The van der Waals surface area contributed by atoms with Gasteiger partial charge in [0.1, 0.15) is 5.75 Å². The molecule has 0 aliphatic rings. The van der Waals surface area contributed by atoms with Gasteiger partial charge < -0.3 is 10.1 Å². The van der Waals surface area contributed by atoms with Crippen LogP contribution in [0.1, 0.15) is 18.1 Å². The number of hydrogen-bond donors (Lipinski definition) is 1. The van der Waals surface area contributed by atoms with Crippen LogP contribution < -0.4 is 10.1 Å². The summed E-state index contributed by atoms with van der Waals surface area (Å²) in [5.41, 5.74) is 2.15. The van der Waals surface area contributed by atoms with Crippen LogP contribution in [0.3, 0.4) is 0 Å². The van der Waals surface area contributed by atoms with Crippen molar-refractivity contribution in [1.29, 1.82) is 0 Å². The van der Waals surface area contributed by atoms with Gasteiger partial charge in [-0.15, -0.1) is 0 Å². The van der Waals surface area contributed by atoms with E-state index < -0.39 is 0 Å². The lowest BCUT2D eigenvalue weighted by atomic mass is 10.1. The van der Waals surface area contributed by atoms with Gasteiger partial charge in [0.15, 0.2) is 0 Å². The van der Waals surface area contributed by atoms with Crippen molar-refractivity contribution in [3.05, 3.63) is 28.3 Å². The highest BCUT2D eigenvalue weighted by Gasteiger charge is 2.06. The molecular formula is C11H16ClNO. The maximum atomic E-state index is 6.04. The third kappa shape index (κ3) is 2.63. The summed E-state index contributed by atoms with van der Waals surface area (Å²) in [4.78, 5) is 0. The minimum atomic E-state index is 0.678. The molecule has 0 heterocycles. The zero-order valence-electron chi connectivity index (χ0n) is 8.86. The van der Waals surface area contributed by atoms with E-state index >= 15 is 0 Å². The maximum Gasteiger partial charge on any atom is 0.124 e. The van der Waals surface area contributed by atoms with Crippen molar-refractivity contribution in [2.75, 3.05) is 13.7 Å². The Kier molecular flexibility index (Phi) is 4.23. The first kappa shape index (κ1) is 11.3. The smallest absolute Gasteiger partial charge is 0.124 e. The van der Waals surface area contributed by atoms with Gasteiger partial charge in [0.2, 0.25) is 0 Å². The Morgan fingerprint density at radius 3 is 2.71 bits per heavy atom. The average Bonchev–Trinajstić information content (AvgIpc) is 2.14. The number of aryl methyl sites for hydroxylation is 1. The second-order valence-corrected chi connectivity index (χ2v) is 3.58. The van der Waals surface area contributed by atoms with Crippen molar-refractivity contribution in [3.8, 4) is 5.75 Å². The normalized spacial score (nSPS) is 10.3. The number of benzene rings is 1. The van der Waals surface area contributed by atoms with E-state index in [1.54, 1.807) is 0 Å². The number of ether oxygens (including phenoxy) is 1. The number of halogens is 1. The highest BCUT2D eigenvalue weighted by molar-refractivity contribution is 6.31. The molecule has 1 N–H and O–H groups in total. The summed E-state index contributed by atoms with van der Waals surface area (Å²) in [6.07, 6.45) is 0. The maximum absolute atomic E-state index is 6.04. The molecule has 0 fully saturated rings. The first-order valence-electron chi connectivity index (χ1n) is 4.75. The van der Waals surface area contributed by atoms with Gasteiger partial charge in [-0.1, -0.05) is 11.6 Å². The molecule has 0 unspecified atom stereocenters. The molecule has 0 aromatic heterocycles. The molecule has 0 radical (unpaired) electrons. The Balaban J connectivity index is 3.03. The Hall–Kier alpha value is -0.730. The number of nitrogens with one attached hydrogen (secondary N) is 1. The average molecular weight is 214 g/mol. The summed E-state index contributed by atoms with van der Waals surface area (Å²) in [6.45, 7) is 5.41. The predicted octanol–water partition coefficient (Wildman–Crippen LogP) is 2.77. The van der Waals surface area contributed by atoms with Crippen molar-refractivity contribution in [2.45, 2.75) is 20.4 Å². The third-order valence-corrected chi connectivity index (χ3v) is 2.42. The fourth-order valence-electron chi connectivity index (χ4n) is 1.31. The standard InChI is InChI=1S/C11H16ClNO/c1-4-14-11-5-8(2)10(12)6-9(11)7-13-3/h5-6,13H,4,7H2,1-3H3. The fraction of sp³-hybridized carbons (Fsp3) is 0.455. The van der Waals surface area contributed by atoms with E-state index in [0.29, 0.717) is 6.61 Å². The lowest BCUT2D eigenvalue weighted by Crippen LogP contribution is -2.07. The van der Waals surface area contributed by atoms with E-state index in [2.05, 4.69) is 5.32 Å². The molecule has 0 aliphatic heterocycles. The van der Waals surface area contributed by atoms with Crippen molar-refractivity contribution < 1.29 is 4.74 Å². The molecule has 1 aromatic carbocycles. The van der Waals surface area contributed by atoms with Gasteiger partial charge in [-0.25, -0.2) is 0 Å². The van der Waals surface area contributed by atoms with Gasteiger partial charge in [-0.3, -0.25) is 0 Å². The molecule has 14 heavy (non-hydrogen) atoms. The van der Waals surface area contributed by atoms with E-state index in [1.807, 2.05) is 33.0 Å². The molecule has 1 rings (SSSR count). The quantitative estimate of drug-likeness (QED) is 0.831. The van der Waals surface area contributed by atoms with Crippen molar-refractivity contribution >= 4 is 11.6 Å². The van der Waals surface area contributed by atoms with Gasteiger partial charge in [0, 0.05) is 17.1 Å². The molecular weight excluding hydrogens is 198 g/mol. The molecule has 0 amide bonds. The molecule has 1 aromatic rings. The van der Waals surface area contributed by atoms with Gasteiger partial charge >= 0.3 is 0 Å². The van der Waals surface area contributed by atoms with Crippen LogP contribution in [-0.4, -0.2) is 13.7 Å². The topological polar surface area (TPSA) is 21.3 Å². The summed E-state index contributed by atoms with van der Waals surface area (Å²) in [5.74, 6) is 0.920. The van der Waals surface area contributed by atoms with E-state index in [-0.39, 0.29) is 0 Å². The summed E-state index contributed by atoms with van der Waals surface area (Å²) in [5, 5.41) is 3.88. The third-order valence-electron chi connectivity index (χ3n) is 2.01. The van der Waals surface area contributed by atoms with Crippen molar-refractivity contribution in [1.82, 2.24) is 5.32 Å². The first-order valence-corrected chi connectivity index (χ1v) is 5.13. The molecule has 2 nitrogen and oxygen atoms in total. The number of hydrogen-bond acceptors (Lipinski definition) is 2. The van der Waals surface area contributed by atoms with Gasteiger partial charge in [0.05, 0.1) is 6.61 Å². The second kappa shape index (κ2) is 5.23. The van der Waals surface area contributed by atoms with E-state index in [4.69, 9.17) is 16.3 Å². The SMILES string of the molecule is CCOc1cc(C)c(Cl)cc1CNC. The summed E-state index contributed by atoms with van der Waals surface area (Å²) in [6, 6.07) is 3.94.